The smallest absolute Gasteiger partial charge is 0.181 e. The predicted octanol–water partition coefficient (Wildman–Crippen LogP) is 3.76. The van der Waals surface area contributed by atoms with Crippen molar-refractivity contribution in [1.29, 1.82) is 0 Å². The molecule has 6 aromatic rings. The molecule has 6 aromatic heterocycles. The SMILES string of the molecule is Cc1cn(-c2ccnc3[nH]c(-c4[nH]nc5ncc(-c6cncc(O)c6)cc45)cc23)cn1. The lowest BCUT2D eigenvalue weighted by atomic mass is 10.1. The Morgan fingerprint density at radius 2 is 1.87 bits per heavy atom. The Morgan fingerprint density at radius 3 is 2.71 bits per heavy atom. The Bertz CT molecular complexity index is 1580. The van der Waals surface area contributed by atoms with Gasteiger partial charge in [-0.15, -0.1) is 0 Å². The van der Waals surface area contributed by atoms with Crippen LogP contribution < -0.4 is 0 Å². The van der Waals surface area contributed by atoms with E-state index in [-0.39, 0.29) is 5.75 Å². The normalized spacial score (nSPS) is 11.5. The lowest BCUT2D eigenvalue weighted by Crippen LogP contribution is -1.91. The number of H-pyrrole nitrogens is 2. The minimum atomic E-state index is 0.106. The topological polar surface area (TPSA) is 121 Å². The van der Waals surface area contributed by atoms with Gasteiger partial charge in [-0.2, -0.15) is 5.10 Å². The Morgan fingerprint density at radius 1 is 0.968 bits per heavy atom. The molecule has 0 atom stereocenters. The van der Waals surface area contributed by atoms with Gasteiger partial charge in [0.2, 0.25) is 0 Å². The standard InChI is InChI=1S/C22H16N8O/c1-12-10-30(11-26-12)19-2-3-24-21-16(19)6-18(27-21)20-17-5-14(8-25-22(17)29-28-20)13-4-15(31)9-23-7-13/h2-11,31H,1H3,(H,24,27)(H,25,28,29). The number of aromatic amines is 2. The van der Waals surface area contributed by atoms with E-state index in [2.05, 4.69) is 35.1 Å². The van der Waals surface area contributed by atoms with Gasteiger partial charge in [-0.3, -0.25) is 10.1 Å². The van der Waals surface area contributed by atoms with E-state index in [9.17, 15) is 5.11 Å². The molecule has 0 amide bonds. The maximum atomic E-state index is 9.76. The van der Waals surface area contributed by atoms with Gasteiger partial charge in [0.05, 0.1) is 35.3 Å². The van der Waals surface area contributed by atoms with Crippen molar-refractivity contribution in [1.82, 2.24) is 39.7 Å². The van der Waals surface area contributed by atoms with Gasteiger partial charge in [-0.05, 0) is 31.2 Å². The molecule has 31 heavy (non-hydrogen) atoms. The van der Waals surface area contributed by atoms with Crippen molar-refractivity contribution in [3.8, 4) is 34.0 Å². The molecule has 3 N–H and O–H groups in total. The zero-order chi connectivity index (χ0) is 20.9. The second-order valence-corrected chi connectivity index (χ2v) is 7.32. The number of pyridine rings is 3. The van der Waals surface area contributed by atoms with Gasteiger partial charge in [0.25, 0.3) is 0 Å². The van der Waals surface area contributed by atoms with E-state index in [1.54, 1.807) is 31.0 Å². The average Bonchev–Trinajstić information content (AvgIpc) is 3.50. The lowest BCUT2D eigenvalue weighted by molar-refractivity contribution is 0.473. The number of nitrogens with zero attached hydrogens (tertiary/aromatic N) is 6. The minimum absolute atomic E-state index is 0.106. The van der Waals surface area contributed by atoms with Crippen molar-refractivity contribution in [3.05, 3.63) is 67.3 Å². The summed E-state index contributed by atoms with van der Waals surface area (Å²) in [5, 5.41) is 19.0. The first-order valence-electron chi connectivity index (χ1n) is 9.63. The molecule has 0 radical (unpaired) electrons. The van der Waals surface area contributed by atoms with E-state index < -0.39 is 0 Å². The van der Waals surface area contributed by atoms with Crippen molar-refractivity contribution in [3.63, 3.8) is 0 Å². The molecule has 6 rings (SSSR count). The van der Waals surface area contributed by atoms with Gasteiger partial charge in [0.1, 0.15) is 11.4 Å². The molecule has 0 saturated carbocycles. The molecule has 0 aliphatic rings. The summed E-state index contributed by atoms with van der Waals surface area (Å²) in [6, 6.07) is 7.64. The number of aryl methyl sites for hydroxylation is 1. The number of aromatic hydroxyl groups is 1. The summed E-state index contributed by atoms with van der Waals surface area (Å²) in [6.45, 7) is 1.96. The van der Waals surface area contributed by atoms with Crippen molar-refractivity contribution in [2.45, 2.75) is 6.92 Å². The number of hydrogen-bond acceptors (Lipinski definition) is 6. The zero-order valence-corrected chi connectivity index (χ0v) is 16.4. The van der Waals surface area contributed by atoms with Gasteiger partial charge >= 0.3 is 0 Å². The molecule has 150 valence electrons. The summed E-state index contributed by atoms with van der Waals surface area (Å²) < 4.78 is 1.98. The number of fused-ring (bicyclic) bond motifs is 2. The summed E-state index contributed by atoms with van der Waals surface area (Å²) in [7, 11) is 0. The Labute approximate surface area is 175 Å². The molecule has 0 spiro atoms. The van der Waals surface area contributed by atoms with E-state index in [0.717, 1.165) is 50.3 Å². The van der Waals surface area contributed by atoms with Crippen LogP contribution in [0.5, 0.6) is 5.75 Å². The Kier molecular flexibility index (Phi) is 3.63. The van der Waals surface area contributed by atoms with Crippen LogP contribution in [0.25, 0.3) is 50.3 Å². The third kappa shape index (κ3) is 2.83. The predicted molar refractivity (Wildman–Crippen MR) is 116 cm³/mol. The maximum Gasteiger partial charge on any atom is 0.181 e. The first-order valence-corrected chi connectivity index (χ1v) is 9.63. The molecule has 0 bridgehead atoms. The molecule has 6 heterocycles. The monoisotopic (exact) mass is 408 g/mol. The van der Waals surface area contributed by atoms with Crippen molar-refractivity contribution < 1.29 is 5.11 Å². The maximum absolute atomic E-state index is 9.76. The van der Waals surface area contributed by atoms with E-state index in [4.69, 9.17) is 0 Å². The van der Waals surface area contributed by atoms with E-state index in [1.807, 2.05) is 35.9 Å². The van der Waals surface area contributed by atoms with Crippen LogP contribution in [0.3, 0.4) is 0 Å². The largest absolute Gasteiger partial charge is 0.506 e. The first-order chi connectivity index (χ1) is 15.2. The van der Waals surface area contributed by atoms with Crippen LogP contribution in [0.15, 0.2) is 61.6 Å². The summed E-state index contributed by atoms with van der Waals surface area (Å²) in [6.07, 6.45) is 10.3. The molecule has 0 saturated heterocycles. The van der Waals surface area contributed by atoms with Gasteiger partial charge in [0, 0.05) is 46.7 Å². The summed E-state index contributed by atoms with van der Waals surface area (Å²) in [5.74, 6) is 0.106. The zero-order valence-electron chi connectivity index (χ0n) is 16.4. The fourth-order valence-corrected chi connectivity index (χ4v) is 3.77. The summed E-state index contributed by atoms with van der Waals surface area (Å²) in [5.41, 5.74) is 6.57. The lowest BCUT2D eigenvalue weighted by Gasteiger charge is -2.02. The van der Waals surface area contributed by atoms with Gasteiger partial charge in [0.15, 0.2) is 5.65 Å². The highest BCUT2D eigenvalue weighted by Gasteiger charge is 2.15. The molecule has 0 aliphatic heterocycles. The molecule has 0 aliphatic carbocycles. The number of hydrogen-bond donors (Lipinski definition) is 3. The molecule has 0 unspecified atom stereocenters. The Balaban J connectivity index is 1.51. The molecule has 9 heteroatoms. The molecule has 9 nitrogen and oxygen atoms in total. The molecule has 0 fully saturated rings. The molecular formula is C22H16N8O. The second-order valence-electron chi connectivity index (χ2n) is 7.32. The van der Waals surface area contributed by atoms with Crippen LogP contribution in [-0.2, 0) is 0 Å². The van der Waals surface area contributed by atoms with Crippen molar-refractivity contribution in [2.24, 2.45) is 0 Å². The third-order valence-electron chi connectivity index (χ3n) is 5.23. The highest BCUT2D eigenvalue weighted by Crippen LogP contribution is 2.32. The average molecular weight is 408 g/mol. The van der Waals surface area contributed by atoms with Gasteiger partial charge < -0.3 is 14.7 Å². The van der Waals surface area contributed by atoms with Crippen LogP contribution in [0, 0.1) is 6.92 Å². The first kappa shape index (κ1) is 17.3. The molecule has 0 aromatic carbocycles. The highest BCUT2D eigenvalue weighted by atomic mass is 16.3. The number of aromatic nitrogens is 8. The van der Waals surface area contributed by atoms with Gasteiger partial charge in [-0.25, -0.2) is 15.0 Å². The van der Waals surface area contributed by atoms with Crippen molar-refractivity contribution in [2.75, 3.05) is 0 Å². The fourth-order valence-electron chi connectivity index (χ4n) is 3.77. The Hall–Kier alpha value is -4.53. The van der Waals surface area contributed by atoms with E-state index in [1.165, 1.54) is 6.20 Å². The summed E-state index contributed by atoms with van der Waals surface area (Å²) in [4.78, 5) is 20.7. The van der Waals surface area contributed by atoms with Crippen LogP contribution in [0.4, 0.5) is 0 Å². The van der Waals surface area contributed by atoms with E-state index in [0.29, 0.717) is 5.65 Å². The van der Waals surface area contributed by atoms with Crippen LogP contribution >= 0.6 is 0 Å². The van der Waals surface area contributed by atoms with Crippen LogP contribution in [-0.4, -0.2) is 44.8 Å². The highest BCUT2D eigenvalue weighted by molar-refractivity contribution is 5.97. The second kappa shape index (κ2) is 6.49. The quantitative estimate of drug-likeness (QED) is 0.410. The van der Waals surface area contributed by atoms with Gasteiger partial charge in [-0.1, -0.05) is 0 Å². The fraction of sp³-hybridized carbons (Fsp3) is 0.0455. The number of nitrogens with one attached hydrogen (secondary N) is 2. The third-order valence-corrected chi connectivity index (χ3v) is 5.23. The van der Waals surface area contributed by atoms with Crippen molar-refractivity contribution >= 4 is 22.1 Å². The molecular weight excluding hydrogens is 392 g/mol. The summed E-state index contributed by atoms with van der Waals surface area (Å²) >= 11 is 0. The van der Waals surface area contributed by atoms with Crippen LogP contribution in [0.1, 0.15) is 5.69 Å². The number of imidazole rings is 1. The van der Waals surface area contributed by atoms with E-state index >= 15 is 0 Å². The van der Waals surface area contributed by atoms with Crippen LogP contribution in [0.2, 0.25) is 0 Å². The number of rotatable bonds is 3. The minimum Gasteiger partial charge on any atom is -0.506 e.